The molecule has 0 amide bonds. The van der Waals surface area contributed by atoms with Crippen LogP contribution in [-0.2, 0) is 11.3 Å². The van der Waals surface area contributed by atoms with E-state index in [-0.39, 0.29) is 12.2 Å². The Morgan fingerprint density at radius 1 is 1.16 bits per heavy atom. The lowest BCUT2D eigenvalue weighted by Gasteiger charge is -2.46. The van der Waals surface area contributed by atoms with E-state index in [0.29, 0.717) is 12.2 Å². The molecule has 2 aliphatic heterocycles. The zero-order chi connectivity index (χ0) is 17.3. The summed E-state index contributed by atoms with van der Waals surface area (Å²) < 4.78 is 5.89. The van der Waals surface area contributed by atoms with Crippen LogP contribution in [0.3, 0.4) is 0 Å². The second kappa shape index (κ2) is 6.80. The van der Waals surface area contributed by atoms with Crippen molar-refractivity contribution >= 4 is 0 Å². The first-order chi connectivity index (χ1) is 12.1. The number of nitrogens with one attached hydrogen (secondary N) is 1. The van der Waals surface area contributed by atoms with Gasteiger partial charge in [-0.3, -0.25) is 4.90 Å². The molecule has 3 N–H and O–H groups in total. The van der Waals surface area contributed by atoms with Gasteiger partial charge >= 0.3 is 0 Å². The van der Waals surface area contributed by atoms with Crippen LogP contribution in [0.25, 0.3) is 11.4 Å². The van der Waals surface area contributed by atoms with Crippen molar-refractivity contribution in [1.82, 2.24) is 25.5 Å². The Bertz CT molecular complexity index is 683. The fraction of sp³-hybridized carbons (Fsp3) is 0.588. The lowest BCUT2D eigenvalue weighted by Crippen LogP contribution is -2.54. The van der Waals surface area contributed by atoms with Gasteiger partial charge in [0.05, 0.1) is 18.3 Å². The van der Waals surface area contributed by atoms with E-state index in [4.69, 9.17) is 4.74 Å². The van der Waals surface area contributed by atoms with Gasteiger partial charge in [-0.2, -0.15) is 5.21 Å². The minimum atomic E-state index is -0.749. The molecule has 1 aromatic carbocycles. The van der Waals surface area contributed by atoms with Gasteiger partial charge < -0.3 is 14.9 Å². The topological polar surface area (TPSA) is 107 Å². The zero-order valence-corrected chi connectivity index (χ0v) is 14.0. The maximum absolute atomic E-state index is 9.94. The minimum absolute atomic E-state index is 0.235. The van der Waals surface area contributed by atoms with Crippen LogP contribution < -0.4 is 0 Å². The van der Waals surface area contributed by atoms with Gasteiger partial charge in [-0.25, -0.2) is 0 Å². The molecule has 1 spiro atoms. The lowest BCUT2D eigenvalue weighted by atomic mass is 9.82. The van der Waals surface area contributed by atoms with E-state index >= 15 is 0 Å². The van der Waals surface area contributed by atoms with Crippen LogP contribution in [-0.4, -0.2) is 73.2 Å². The Labute approximate surface area is 145 Å². The second-order valence-electron chi connectivity index (χ2n) is 7.04. The van der Waals surface area contributed by atoms with Crippen molar-refractivity contribution in [3.8, 4) is 11.4 Å². The SMILES string of the molecule is O[C@@H]1CC2(CCN(Cc3ccc(-c4nn[nH]n4)cc3)CC2)OC[C@@H]1O. The number of nitrogens with zero attached hydrogens (tertiary/aromatic N) is 4. The molecule has 0 saturated carbocycles. The first-order valence-electron chi connectivity index (χ1n) is 8.69. The molecule has 2 atom stereocenters. The predicted molar refractivity (Wildman–Crippen MR) is 89.4 cm³/mol. The summed E-state index contributed by atoms with van der Waals surface area (Å²) in [6.07, 6.45) is 0.885. The second-order valence-corrected chi connectivity index (χ2v) is 7.04. The predicted octanol–water partition coefficient (Wildman–Crippen LogP) is 0.343. The van der Waals surface area contributed by atoms with Crippen LogP contribution in [0.4, 0.5) is 0 Å². The number of aromatic nitrogens is 4. The summed E-state index contributed by atoms with van der Waals surface area (Å²) in [5, 5.41) is 33.6. The normalized spacial score (nSPS) is 26.8. The highest BCUT2D eigenvalue weighted by atomic mass is 16.5. The molecule has 0 unspecified atom stereocenters. The molecular formula is C17H23N5O3. The van der Waals surface area contributed by atoms with Crippen LogP contribution in [0.2, 0.25) is 0 Å². The lowest BCUT2D eigenvalue weighted by molar-refractivity contribution is -0.188. The third kappa shape index (κ3) is 3.57. The molecule has 0 radical (unpaired) electrons. The number of aliphatic hydroxyl groups excluding tert-OH is 2. The van der Waals surface area contributed by atoms with E-state index in [0.717, 1.165) is 38.0 Å². The van der Waals surface area contributed by atoms with Gasteiger partial charge in [-0.15, -0.1) is 10.2 Å². The Morgan fingerprint density at radius 3 is 2.56 bits per heavy atom. The van der Waals surface area contributed by atoms with Crippen molar-refractivity contribution < 1.29 is 14.9 Å². The first-order valence-corrected chi connectivity index (χ1v) is 8.69. The van der Waals surface area contributed by atoms with Crippen molar-refractivity contribution in [2.75, 3.05) is 19.7 Å². The zero-order valence-electron chi connectivity index (χ0n) is 14.0. The highest BCUT2D eigenvalue weighted by molar-refractivity contribution is 5.54. The number of benzene rings is 1. The number of hydrogen-bond donors (Lipinski definition) is 3. The molecule has 134 valence electrons. The van der Waals surface area contributed by atoms with Gasteiger partial charge in [0, 0.05) is 31.6 Å². The Kier molecular flexibility index (Phi) is 4.51. The Balaban J connectivity index is 1.33. The summed E-state index contributed by atoms with van der Waals surface area (Å²) in [5.74, 6) is 0.599. The summed E-state index contributed by atoms with van der Waals surface area (Å²) >= 11 is 0. The number of hydrogen-bond acceptors (Lipinski definition) is 7. The molecule has 8 nitrogen and oxygen atoms in total. The van der Waals surface area contributed by atoms with Crippen LogP contribution in [0.5, 0.6) is 0 Å². The largest absolute Gasteiger partial charge is 0.390 e. The van der Waals surface area contributed by atoms with Crippen LogP contribution >= 0.6 is 0 Å². The molecule has 25 heavy (non-hydrogen) atoms. The number of H-pyrrole nitrogens is 1. The van der Waals surface area contributed by atoms with Gasteiger partial charge in [0.1, 0.15) is 6.10 Å². The molecule has 8 heteroatoms. The fourth-order valence-corrected chi connectivity index (χ4v) is 3.72. The van der Waals surface area contributed by atoms with Crippen molar-refractivity contribution in [3.63, 3.8) is 0 Å². The maximum Gasteiger partial charge on any atom is 0.204 e. The van der Waals surface area contributed by atoms with Gasteiger partial charge in [0.25, 0.3) is 0 Å². The van der Waals surface area contributed by atoms with Crippen molar-refractivity contribution in [1.29, 1.82) is 0 Å². The molecule has 1 aromatic heterocycles. The van der Waals surface area contributed by atoms with Crippen LogP contribution in [0.15, 0.2) is 24.3 Å². The van der Waals surface area contributed by atoms with E-state index in [9.17, 15) is 10.2 Å². The van der Waals surface area contributed by atoms with Crippen molar-refractivity contribution in [3.05, 3.63) is 29.8 Å². The van der Waals surface area contributed by atoms with E-state index in [1.54, 1.807) is 0 Å². The number of tetrazole rings is 1. The number of aromatic amines is 1. The molecule has 2 saturated heterocycles. The molecule has 2 aromatic rings. The number of likely N-dealkylation sites (tertiary alicyclic amines) is 1. The van der Waals surface area contributed by atoms with E-state index < -0.39 is 12.2 Å². The van der Waals surface area contributed by atoms with Crippen molar-refractivity contribution in [2.45, 2.75) is 43.6 Å². The Morgan fingerprint density at radius 2 is 1.92 bits per heavy atom. The monoisotopic (exact) mass is 345 g/mol. The third-order valence-corrected chi connectivity index (χ3v) is 5.32. The first kappa shape index (κ1) is 16.6. The number of rotatable bonds is 3. The fourth-order valence-electron chi connectivity index (χ4n) is 3.72. The molecule has 2 aliphatic rings. The third-order valence-electron chi connectivity index (χ3n) is 5.32. The van der Waals surface area contributed by atoms with Gasteiger partial charge in [-0.05, 0) is 23.6 Å². The smallest absolute Gasteiger partial charge is 0.204 e. The van der Waals surface area contributed by atoms with Gasteiger partial charge in [-0.1, -0.05) is 24.3 Å². The highest BCUT2D eigenvalue weighted by Gasteiger charge is 2.42. The number of aliphatic hydroxyl groups is 2. The summed E-state index contributed by atoms with van der Waals surface area (Å²) in [5.41, 5.74) is 1.92. The van der Waals surface area contributed by atoms with Crippen molar-refractivity contribution in [2.24, 2.45) is 0 Å². The molecule has 4 rings (SSSR count). The highest BCUT2D eigenvalue weighted by Crippen LogP contribution is 2.35. The number of ether oxygens (including phenoxy) is 1. The van der Waals surface area contributed by atoms with Crippen LogP contribution in [0, 0.1) is 0 Å². The van der Waals surface area contributed by atoms with E-state index in [1.807, 2.05) is 12.1 Å². The van der Waals surface area contributed by atoms with E-state index in [2.05, 4.69) is 37.7 Å². The quantitative estimate of drug-likeness (QED) is 0.736. The summed E-state index contributed by atoms with van der Waals surface area (Å²) in [4.78, 5) is 2.40. The molecule has 2 fully saturated rings. The Hall–Kier alpha value is -1.87. The van der Waals surface area contributed by atoms with Gasteiger partial charge in [0.2, 0.25) is 5.82 Å². The average Bonchev–Trinajstić information content (AvgIpc) is 3.16. The number of piperidine rings is 1. The van der Waals surface area contributed by atoms with Gasteiger partial charge in [0.15, 0.2) is 0 Å². The molecule has 0 bridgehead atoms. The standard InChI is InChI=1S/C17H23N5O3/c23-14-9-17(25-11-15(14)24)5-7-22(8-6-17)10-12-1-3-13(4-2-12)16-18-20-21-19-16/h1-4,14-15,23-24H,5-11H2,(H,18,19,20,21)/t14-,15+/m1/s1. The summed E-state index contributed by atoms with van der Waals surface area (Å²) in [6.45, 7) is 2.97. The maximum atomic E-state index is 9.94. The summed E-state index contributed by atoms with van der Waals surface area (Å²) in [7, 11) is 0. The molecular weight excluding hydrogens is 322 g/mol. The summed E-state index contributed by atoms with van der Waals surface area (Å²) in [6, 6.07) is 8.20. The molecule has 3 heterocycles. The average molecular weight is 345 g/mol. The van der Waals surface area contributed by atoms with E-state index in [1.165, 1.54) is 5.56 Å². The minimum Gasteiger partial charge on any atom is -0.390 e. The van der Waals surface area contributed by atoms with Crippen LogP contribution in [0.1, 0.15) is 24.8 Å². The molecule has 0 aliphatic carbocycles.